The van der Waals surface area contributed by atoms with Crippen molar-refractivity contribution in [3.05, 3.63) is 0 Å². The summed E-state index contributed by atoms with van der Waals surface area (Å²) in [6.07, 6.45) is 0. The van der Waals surface area contributed by atoms with Gasteiger partial charge in [0.1, 0.15) is 0 Å². The maximum absolute atomic E-state index is 10.4. The third kappa shape index (κ3) is 1670. The summed E-state index contributed by atoms with van der Waals surface area (Å²) in [5.41, 5.74) is 0. The zero-order chi connectivity index (χ0) is 9.00. The van der Waals surface area contributed by atoms with Gasteiger partial charge in [-0.15, -0.1) is 0 Å². The van der Waals surface area contributed by atoms with Crippen LogP contribution in [-0.2, 0) is 0 Å². The number of hydrogen-bond acceptors (Lipinski definition) is 0. The third-order valence-electron chi connectivity index (χ3n) is 0. The second kappa shape index (κ2) is 4.42. The maximum atomic E-state index is 10.4. The molecule has 0 spiro atoms. The van der Waals surface area contributed by atoms with Crippen molar-refractivity contribution in [2.24, 2.45) is 0 Å². The van der Waals surface area contributed by atoms with Crippen molar-refractivity contribution < 1.29 is 17.7 Å². The molecule has 0 fully saturated rings. The van der Waals surface area contributed by atoms with E-state index in [0.717, 1.165) is 4.48 Å². The summed E-state index contributed by atoms with van der Waals surface area (Å²) in [7, 11) is 8.50. The van der Waals surface area contributed by atoms with Crippen LogP contribution in [0, 0.1) is 0 Å². The van der Waals surface area contributed by atoms with E-state index in [0.29, 0.717) is 0 Å². The summed E-state index contributed by atoms with van der Waals surface area (Å²) in [4.78, 5) is 0. The van der Waals surface area contributed by atoms with Gasteiger partial charge in [0.25, 0.3) is 0 Å². The first-order valence-corrected chi connectivity index (χ1v) is 3.73. The molecule has 0 saturated carbocycles. The molecule has 0 unspecified atom stereocenters. The predicted molar refractivity (Wildman–Crippen MR) is 35.8 cm³/mol. The molecule has 62 valence electrons. The average Bonchev–Trinajstić information content (AvgIpc) is 1.12. The number of alkyl halides is 3. The van der Waals surface area contributed by atoms with Gasteiger partial charge >= 0.3 is 39.7 Å². The van der Waals surface area contributed by atoms with Crippen molar-refractivity contribution in [1.29, 1.82) is 0 Å². The second-order valence-electron chi connectivity index (χ2n) is 3.13. The summed E-state index contributed by atoms with van der Waals surface area (Å²) in [6.45, 7) is 0. The van der Waals surface area contributed by atoms with Crippen molar-refractivity contribution in [2.45, 2.75) is 4.22 Å². The molecule has 1 nitrogen and oxygen atoms in total. The van der Waals surface area contributed by atoms with Crippen molar-refractivity contribution in [2.75, 3.05) is 28.2 Å². The third-order valence-corrected chi connectivity index (χ3v) is 0. The molecular weight excluding hydrogens is 259 g/mol. The fourth-order valence-electron chi connectivity index (χ4n) is 0. The van der Waals surface area contributed by atoms with Crippen molar-refractivity contribution in [1.82, 2.24) is 0 Å². The van der Waals surface area contributed by atoms with Crippen molar-refractivity contribution in [3.63, 3.8) is 0 Å². The average molecular weight is 271 g/mol. The molecule has 5 heteroatoms. The fourth-order valence-corrected chi connectivity index (χ4v) is 0. The summed E-state index contributed by atoms with van der Waals surface area (Å²) >= 11 is 0.124. The van der Waals surface area contributed by atoms with E-state index < -0.39 is 4.22 Å². The normalized spacial score (nSPS) is 12.0. The minimum absolute atomic E-state index is 0.124. The molecular formula is C5H12F3NTe+2. The Balaban J connectivity index is 0. The van der Waals surface area contributed by atoms with Gasteiger partial charge in [-0.05, 0) is 0 Å². The Morgan fingerprint density at radius 3 is 1.00 bits per heavy atom. The van der Waals surface area contributed by atoms with Gasteiger partial charge in [0.2, 0.25) is 0 Å². The second-order valence-corrected chi connectivity index (χ2v) is 4.45. The summed E-state index contributed by atoms with van der Waals surface area (Å²) in [6, 6.07) is 0. The van der Waals surface area contributed by atoms with E-state index in [1.807, 2.05) is 0 Å². The molecule has 0 atom stereocenters. The van der Waals surface area contributed by atoms with E-state index in [2.05, 4.69) is 28.2 Å². The van der Waals surface area contributed by atoms with Gasteiger partial charge in [-0.1, -0.05) is 0 Å². The molecule has 0 aromatic heterocycles. The van der Waals surface area contributed by atoms with E-state index in [1.54, 1.807) is 0 Å². The zero-order valence-corrected chi connectivity index (χ0v) is 8.82. The molecule has 0 amide bonds. The van der Waals surface area contributed by atoms with Crippen LogP contribution in [-0.4, -0.2) is 59.2 Å². The first kappa shape index (κ1) is 13.2. The molecule has 0 saturated heterocycles. The van der Waals surface area contributed by atoms with Gasteiger partial charge in [0.15, 0.2) is 0 Å². The van der Waals surface area contributed by atoms with Crippen LogP contribution < -0.4 is 0 Å². The van der Waals surface area contributed by atoms with Crippen LogP contribution in [0.15, 0.2) is 0 Å². The van der Waals surface area contributed by atoms with Gasteiger partial charge < -0.3 is 4.48 Å². The van der Waals surface area contributed by atoms with Gasteiger partial charge in [0, 0.05) is 0 Å². The molecule has 2 radical (unpaired) electrons. The Bertz CT molecular complexity index is 59.9. The Labute approximate surface area is 72.7 Å². The monoisotopic (exact) mass is 273 g/mol. The molecule has 0 aliphatic carbocycles. The van der Waals surface area contributed by atoms with Crippen LogP contribution in [0.25, 0.3) is 0 Å². The van der Waals surface area contributed by atoms with E-state index in [-0.39, 0.29) is 22.3 Å². The number of hydrogen-bond donors (Lipinski definition) is 0. The minimum atomic E-state index is -3.99. The predicted octanol–water partition coefficient (Wildman–Crippen LogP) is 0.997. The number of rotatable bonds is 0. The Kier molecular flexibility index (Phi) is 5.82. The van der Waals surface area contributed by atoms with Gasteiger partial charge in [0.05, 0.1) is 28.2 Å². The number of quaternary nitrogens is 1. The van der Waals surface area contributed by atoms with Gasteiger partial charge in [-0.25, -0.2) is 0 Å². The van der Waals surface area contributed by atoms with Gasteiger partial charge in [-0.3, -0.25) is 0 Å². The number of halogens is 3. The zero-order valence-electron chi connectivity index (χ0n) is 6.49. The van der Waals surface area contributed by atoms with Crippen LogP contribution in [0.3, 0.4) is 0 Å². The summed E-state index contributed by atoms with van der Waals surface area (Å²) in [5.74, 6) is 0. The van der Waals surface area contributed by atoms with Crippen LogP contribution >= 0.6 is 0 Å². The molecule has 0 bridgehead atoms. The molecule has 0 aliphatic heterocycles. The summed E-state index contributed by atoms with van der Waals surface area (Å²) < 4.78 is 28.1. The molecule has 10 heavy (non-hydrogen) atoms. The Hall–Kier alpha value is 0.540. The molecule has 0 aromatic rings. The summed E-state index contributed by atoms with van der Waals surface area (Å²) in [5, 5.41) is 0. The molecule has 0 N–H and O–H groups in total. The topological polar surface area (TPSA) is 0 Å². The Morgan fingerprint density at radius 1 is 1.00 bits per heavy atom. The van der Waals surface area contributed by atoms with Crippen LogP contribution in [0.2, 0.25) is 0 Å². The molecule has 0 aromatic carbocycles. The first-order valence-electron chi connectivity index (χ1n) is 2.56. The van der Waals surface area contributed by atoms with E-state index in [9.17, 15) is 13.2 Å². The Morgan fingerprint density at radius 2 is 1.00 bits per heavy atom. The van der Waals surface area contributed by atoms with E-state index in [4.69, 9.17) is 0 Å². The molecule has 0 heterocycles. The first-order chi connectivity index (χ1) is 4.00. The molecule has 0 rings (SSSR count). The van der Waals surface area contributed by atoms with E-state index in [1.165, 1.54) is 0 Å². The van der Waals surface area contributed by atoms with Crippen molar-refractivity contribution in [3.8, 4) is 0 Å². The fraction of sp³-hybridized carbons (Fsp3) is 1.00. The van der Waals surface area contributed by atoms with E-state index >= 15 is 0 Å². The van der Waals surface area contributed by atoms with Gasteiger partial charge in [-0.2, -0.15) is 0 Å². The quantitative estimate of drug-likeness (QED) is 0.455. The van der Waals surface area contributed by atoms with Crippen molar-refractivity contribution >= 4 is 22.3 Å². The van der Waals surface area contributed by atoms with Crippen LogP contribution in [0.5, 0.6) is 0 Å². The standard InChI is InChI=1S/C4H12N.CF3Te/c1-5(2,3)4;2-1(3,4)5/h1-4H3;/q2*+1. The SMILES string of the molecule is C[N+](C)(C)C.FC(F)(F)[Te+]. The van der Waals surface area contributed by atoms with Crippen LogP contribution in [0.4, 0.5) is 13.2 Å². The van der Waals surface area contributed by atoms with Crippen LogP contribution in [0.1, 0.15) is 0 Å². The molecule has 0 aliphatic rings. The number of nitrogens with zero attached hydrogens (tertiary/aromatic N) is 1.